The van der Waals surface area contributed by atoms with E-state index in [0.717, 1.165) is 17.1 Å². The largest absolute Gasteiger partial charge is 0.361 e. The Labute approximate surface area is 174 Å². The van der Waals surface area contributed by atoms with Crippen LogP contribution in [-0.4, -0.2) is 35.0 Å². The maximum atomic E-state index is 12.2. The number of amides is 2. The van der Waals surface area contributed by atoms with Gasteiger partial charge in [0.05, 0.1) is 11.9 Å². The SMILES string of the molecule is Cc1cc(Nc2cnc(NC(=O)NC/C(C=N)=C3\C=CC=CN3)cc2C=N)ccn1. The lowest BCUT2D eigenvalue weighted by molar-refractivity contribution is 0.253. The summed E-state index contributed by atoms with van der Waals surface area (Å²) in [7, 11) is 0. The predicted molar refractivity (Wildman–Crippen MR) is 119 cm³/mol. The molecule has 0 atom stereocenters. The number of hydrogen-bond donors (Lipinski definition) is 6. The lowest BCUT2D eigenvalue weighted by atomic mass is 10.2. The van der Waals surface area contributed by atoms with Gasteiger partial charge in [0.25, 0.3) is 0 Å². The molecular weight excluding hydrogens is 380 g/mol. The maximum absolute atomic E-state index is 12.2. The normalized spacial score (nSPS) is 13.8. The van der Waals surface area contributed by atoms with Crippen LogP contribution < -0.4 is 21.3 Å². The summed E-state index contributed by atoms with van der Waals surface area (Å²) in [6.45, 7) is 2.07. The maximum Gasteiger partial charge on any atom is 0.320 e. The van der Waals surface area contributed by atoms with Crippen molar-refractivity contribution in [1.82, 2.24) is 20.6 Å². The summed E-state index contributed by atoms with van der Waals surface area (Å²) in [4.78, 5) is 20.6. The quantitative estimate of drug-likeness (QED) is 0.395. The van der Waals surface area contributed by atoms with E-state index in [4.69, 9.17) is 10.8 Å². The number of nitrogens with one attached hydrogen (secondary N) is 6. The number of hydrogen-bond acceptors (Lipinski definition) is 7. The van der Waals surface area contributed by atoms with E-state index in [1.807, 2.05) is 37.3 Å². The van der Waals surface area contributed by atoms with Gasteiger partial charge in [-0.25, -0.2) is 9.78 Å². The molecule has 152 valence electrons. The number of allylic oxidation sites excluding steroid dienone is 3. The topological polar surface area (TPSA) is 139 Å². The highest BCUT2D eigenvalue weighted by molar-refractivity contribution is 5.93. The minimum absolute atomic E-state index is 0.175. The first-order valence-corrected chi connectivity index (χ1v) is 9.17. The number of urea groups is 1. The molecule has 2 amide bonds. The molecule has 1 aliphatic heterocycles. The van der Waals surface area contributed by atoms with Crippen LogP contribution in [0.1, 0.15) is 11.3 Å². The summed E-state index contributed by atoms with van der Waals surface area (Å²) < 4.78 is 0. The molecule has 0 aromatic carbocycles. The number of aryl methyl sites for hydroxylation is 1. The van der Waals surface area contributed by atoms with E-state index in [1.54, 1.807) is 24.7 Å². The first kappa shape index (κ1) is 20.5. The van der Waals surface area contributed by atoms with E-state index in [0.29, 0.717) is 22.6 Å². The van der Waals surface area contributed by atoms with Crippen LogP contribution >= 0.6 is 0 Å². The molecule has 0 unspecified atom stereocenters. The van der Waals surface area contributed by atoms with Gasteiger partial charge in [-0.15, -0.1) is 0 Å². The zero-order valence-corrected chi connectivity index (χ0v) is 16.4. The van der Waals surface area contributed by atoms with Crippen LogP contribution in [0.15, 0.2) is 66.3 Å². The molecule has 3 rings (SSSR count). The minimum Gasteiger partial charge on any atom is -0.361 e. The number of rotatable bonds is 7. The molecule has 0 saturated carbocycles. The summed E-state index contributed by atoms with van der Waals surface area (Å²) in [5.74, 6) is 0.310. The average Bonchev–Trinajstić information content (AvgIpc) is 2.76. The molecule has 0 spiro atoms. The van der Waals surface area contributed by atoms with Crippen molar-refractivity contribution in [3.8, 4) is 0 Å². The van der Waals surface area contributed by atoms with Crippen molar-refractivity contribution in [2.75, 3.05) is 17.2 Å². The van der Waals surface area contributed by atoms with Crippen LogP contribution in [0, 0.1) is 17.7 Å². The Balaban J connectivity index is 1.64. The number of carbonyl (C=O) groups excluding carboxylic acids is 1. The predicted octanol–water partition coefficient (Wildman–Crippen LogP) is 3.22. The number of pyridine rings is 2. The standard InChI is InChI=1S/C21H22N8O/c1-14-8-17(5-7-24-14)28-19-13-26-20(9-15(19)10-22)29-21(30)27-12-16(11-23)18-4-2-3-6-25-18/h2-11,13,22-23,25H,12H2,1H3,(H,24,28)(H2,26,27,29,30)/b18-16+,22-10?,23-11?. The van der Waals surface area contributed by atoms with Gasteiger partial charge in [-0.3, -0.25) is 10.3 Å². The third kappa shape index (κ3) is 5.38. The van der Waals surface area contributed by atoms with Crippen LogP contribution in [0.5, 0.6) is 0 Å². The Hall–Kier alpha value is -4.27. The fourth-order valence-corrected chi connectivity index (χ4v) is 2.70. The molecule has 6 N–H and O–H groups in total. The Morgan fingerprint density at radius 3 is 2.80 bits per heavy atom. The molecule has 3 heterocycles. The summed E-state index contributed by atoms with van der Waals surface area (Å²) in [6, 6.07) is 4.85. The third-order valence-corrected chi connectivity index (χ3v) is 4.18. The van der Waals surface area contributed by atoms with Gasteiger partial charge in [0, 0.05) is 59.6 Å². The molecule has 0 aliphatic carbocycles. The molecule has 0 radical (unpaired) electrons. The van der Waals surface area contributed by atoms with Crippen molar-refractivity contribution in [2.45, 2.75) is 6.92 Å². The molecule has 0 bridgehead atoms. The van der Waals surface area contributed by atoms with Crippen LogP contribution in [0.4, 0.5) is 22.0 Å². The zero-order valence-electron chi connectivity index (χ0n) is 16.4. The highest BCUT2D eigenvalue weighted by Gasteiger charge is 2.09. The Kier molecular flexibility index (Phi) is 6.67. The van der Waals surface area contributed by atoms with Gasteiger partial charge in [-0.2, -0.15) is 0 Å². The van der Waals surface area contributed by atoms with Gasteiger partial charge in [0.15, 0.2) is 0 Å². The fourth-order valence-electron chi connectivity index (χ4n) is 2.70. The van der Waals surface area contributed by atoms with Gasteiger partial charge in [0.1, 0.15) is 5.82 Å². The minimum atomic E-state index is -0.459. The number of nitrogens with zero attached hydrogens (tertiary/aromatic N) is 2. The van der Waals surface area contributed by atoms with Crippen LogP contribution in [-0.2, 0) is 0 Å². The van der Waals surface area contributed by atoms with Crippen LogP contribution in [0.2, 0.25) is 0 Å². The molecule has 2 aromatic rings. The van der Waals surface area contributed by atoms with Crippen molar-refractivity contribution in [1.29, 1.82) is 10.8 Å². The average molecular weight is 402 g/mol. The second-order valence-electron chi connectivity index (χ2n) is 6.37. The number of anilines is 3. The molecule has 2 aromatic heterocycles. The third-order valence-electron chi connectivity index (χ3n) is 4.18. The van der Waals surface area contributed by atoms with Gasteiger partial charge in [-0.05, 0) is 37.3 Å². The van der Waals surface area contributed by atoms with Crippen LogP contribution in [0.25, 0.3) is 0 Å². The van der Waals surface area contributed by atoms with E-state index in [1.165, 1.54) is 12.4 Å². The smallest absolute Gasteiger partial charge is 0.320 e. The Bertz CT molecular complexity index is 1050. The molecule has 0 fully saturated rings. The summed E-state index contributed by atoms with van der Waals surface area (Å²) in [5, 5.41) is 26.8. The summed E-state index contributed by atoms with van der Waals surface area (Å²) >= 11 is 0. The molecule has 30 heavy (non-hydrogen) atoms. The second-order valence-corrected chi connectivity index (χ2v) is 6.37. The van der Waals surface area contributed by atoms with E-state index in [9.17, 15) is 4.79 Å². The first-order chi connectivity index (χ1) is 14.6. The van der Waals surface area contributed by atoms with Crippen LogP contribution in [0.3, 0.4) is 0 Å². The first-order valence-electron chi connectivity index (χ1n) is 9.17. The second kappa shape index (κ2) is 9.78. The monoisotopic (exact) mass is 402 g/mol. The van der Waals surface area contributed by atoms with E-state index >= 15 is 0 Å². The van der Waals surface area contributed by atoms with Gasteiger partial charge < -0.3 is 26.8 Å². The zero-order chi connectivity index (χ0) is 21.3. The molecular formula is C21H22N8O. The van der Waals surface area contributed by atoms with Gasteiger partial charge >= 0.3 is 6.03 Å². The molecule has 1 aliphatic rings. The highest BCUT2D eigenvalue weighted by Crippen LogP contribution is 2.21. The molecule has 9 heteroatoms. The van der Waals surface area contributed by atoms with Crippen molar-refractivity contribution in [2.24, 2.45) is 0 Å². The molecule has 9 nitrogen and oxygen atoms in total. The Morgan fingerprint density at radius 2 is 2.10 bits per heavy atom. The highest BCUT2D eigenvalue weighted by atomic mass is 16.2. The van der Waals surface area contributed by atoms with Crippen molar-refractivity contribution in [3.63, 3.8) is 0 Å². The Morgan fingerprint density at radius 1 is 1.23 bits per heavy atom. The summed E-state index contributed by atoms with van der Waals surface area (Å²) in [5.41, 5.74) is 4.29. The number of dihydropyridines is 1. The lowest BCUT2D eigenvalue weighted by Crippen LogP contribution is -2.32. The molecule has 0 saturated heterocycles. The van der Waals surface area contributed by atoms with Crippen molar-refractivity contribution in [3.05, 3.63) is 77.5 Å². The van der Waals surface area contributed by atoms with Gasteiger partial charge in [0.2, 0.25) is 0 Å². The number of aromatic nitrogens is 2. The van der Waals surface area contributed by atoms with Gasteiger partial charge in [-0.1, -0.05) is 6.08 Å². The summed E-state index contributed by atoms with van der Waals surface area (Å²) in [6.07, 6.45) is 12.9. The van der Waals surface area contributed by atoms with Crippen molar-refractivity contribution < 1.29 is 4.79 Å². The fraction of sp³-hybridized carbons (Fsp3) is 0.0952. The van der Waals surface area contributed by atoms with E-state index in [-0.39, 0.29) is 6.54 Å². The lowest BCUT2D eigenvalue weighted by Gasteiger charge is -2.13. The van der Waals surface area contributed by atoms with E-state index < -0.39 is 6.03 Å². The number of carbonyl (C=O) groups is 1. The van der Waals surface area contributed by atoms with E-state index in [2.05, 4.69) is 31.2 Å². The van der Waals surface area contributed by atoms with Crippen molar-refractivity contribution >= 4 is 35.7 Å².